The van der Waals surface area contributed by atoms with Gasteiger partial charge in [-0.1, -0.05) is 30.3 Å². The maximum absolute atomic E-state index is 13.6. The maximum Gasteiger partial charge on any atom is 0.257 e. The Morgan fingerprint density at radius 3 is 2.29 bits per heavy atom. The van der Waals surface area contributed by atoms with Gasteiger partial charge in [-0.15, -0.1) is 0 Å². The van der Waals surface area contributed by atoms with Crippen molar-refractivity contribution in [3.8, 4) is 0 Å². The Morgan fingerprint density at radius 2 is 1.50 bits per heavy atom. The first-order valence-electron chi connectivity index (χ1n) is 8.47. The van der Waals surface area contributed by atoms with Crippen LogP contribution in [0.5, 0.6) is 0 Å². The van der Waals surface area contributed by atoms with E-state index in [0.29, 0.717) is 11.4 Å². The predicted octanol–water partition coefficient (Wildman–Crippen LogP) is 4.27. The summed E-state index contributed by atoms with van der Waals surface area (Å²) in [5, 5.41) is 7.88. The number of amides is 2. The van der Waals surface area contributed by atoms with Crippen molar-refractivity contribution in [1.82, 2.24) is 0 Å². The van der Waals surface area contributed by atoms with Gasteiger partial charge < -0.3 is 16.0 Å². The van der Waals surface area contributed by atoms with Gasteiger partial charge in [-0.2, -0.15) is 0 Å². The minimum absolute atomic E-state index is 0.120. The average molecular weight is 381 g/mol. The molecule has 3 N–H and O–H groups in total. The van der Waals surface area contributed by atoms with Crippen LogP contribution in [0.4, 0.5) is 25.8 Å². The number of anilines is 3. The van der Waals surface area contributed by atoms with Crippen LogP contribution < -0.4 is 16.0 Å². The van der Waals surface area contributed by atoms with Gasteiger partial charge in [0.2, 0.25) is 5.91 Å². The lowest BCUT2D eigenvalue weighted by Gasteiger charge is -2.12. The molecule has 0 spiro atoms. The van der Waals surface area contributed by atoms with E-state index in [2.05, 4.69) is 16.0 Å². The van der Waals surface area contributed by atoms with Gasteiger partial charge in [0.05, 0.1) is 23.5 Å². The molecule has 0 saturated heterocycles. The van der Waals surface area contributed by atoms with Crippen molar-refractivity contribution in [2.75, 3.05) is 22.5 Å². The fourth-order valence-electron chi connectivity index (χ4n) is 2.51. The van der Waals surface area contributed by atoms with Gasteiger partial charge in [0.25, 0.3) is 5.91 Å². The molecule has 28 heavy (non-hydrogen) atoms. The molecular formula is C21H17F2N3O2. The third-order valence-electron chi connectivity index (χ3n) is 3.85. The summed E-state index contributed by atoms with van der Waals surface area (Å²) >= 11 is 0. The molecule has 0 atom stereocenters. The quantitative estimate of drug-likeness (QED) is 0.597. The Hall–Kier alpha value is -3.74. The Morgan fingerprint density at radius 1 is 0.786 bits per heavy atom. The second-order valence-corrected chi connectivity index (χ2v) is 5.89. The van der Waals surface area contributed by atoms with E-state index in [1.54, 1.807) is 48.5 Å². The number of benzene rings is 3. The summed E-state index contributed by atoms with van der Waals surface area (Å²) in [6.45, 7) is -0.297. The van der Waals surface area contributed by atoms with E-state index >= 15 is 0 Å². The zero-order chi connectivity index (χ0) is 19.9. The van der Waals surface area contributed by atoms with E-state index in [1.165, 1.54) is 0 Å². The summed E-state index contributed by atoms with van der Waals surface area (Å²) in [5.74, 6) is -2.18. The molecule has 142 valence electrons. The molecule has 0 saturated carbocycles. The van der Waals surface area contributed by atoms with Gasteiger partial charge in [-0.05, 0) is 42.5 Å². The normalized spacial score (nSPS) is 10.2. The first-order chi connectivity index (χ1) is 13.5. The molecule has 3 aromatic carbocycles. The molecule has 0 aliphatic rings. The minimum atomic E-state index is -0.670. The topological polar surface area (TPSA) is 70.2 Å². The Balaban J connectivity index is 1.66. The SMILES string of the molecule is O=C(CNc1cc(F)ccc1F)Nc1ccccc1C(=O)Nc1ccccc1. The van der Waals surface area contributed by atoms with Crippen molar-refractivity contribution in [1.29, 1.82) is 0 Å². The van der Waals surface area contributed by atoms with E-state index in [-0.39, 0.29) is 23.7 Å². The number of nitrogens with one attached hydrogen (secondary N) is 3. The van der Waals surface area contributed by atoms with Crippen LogP contribution in [-0.4, -0.2) is 18.4 Å². The number of para-hydroxylation sites is 2. The van der Waals surface area contributed by atoms with E-state index in [9.17, 15) is 18.4 Å². The zero-order valence-electron chi connectivity index (χ0n) is 14.7. The fourth-order valence-corrected chi connectivity index (χ4v) is 2.51. The van der Waals surface area contributed by atoms with Crippen molar-refractivity contribution in [2.45, 2.75) is 0 Å². The van der Waals surface area contributed by atoms with Crippen LogP contribution in [0.1, 0.15) is 10.4 Å². The number of hydrogen-bond acceptors (Lipinski definition) is 3. The van der Waals surface area contributed by atoms with E-state index < -0.39 is 17.5 Å². The van der Waals surface area contributed by atoms with Gasteiger partial charge in [0, 0.05) is 5.69 Å². The first kappa shape index (κ1) is 19.0. The molecule has 0 aliphatic heterocycles. The third kappa shape index (κ3) is 4.91. The second-order valence-electron chi connectivity index (χ2n) is 5.89. The van der Waals surface area contributed by atoms with Gasteiger partial charge >= 0.3 is 0 Å². The molecule has 7 heteroatoms. The summed E-state index contributed by atoms with van der Waals surface area (Å²) in [5.41, 5.74) is 1.08. The second kappa shape index (κ2) is 8.77. The highest BCUT2D eigenvalue weighted by Crippen LogP contribution is 2.18. The van der Waals surface area contributed by atoms with Crippen LogP contribution in [0, 0.1) is 11.6 Å². The molecule has 0 fully saturated rings. The van der Waals surface area contributed by atoms with Crippen molar-refractivity contribution in [3.63, 3.8) is 0 Å². The average Bonchev–Trinajstić information content (AvgIpc) is 2.70. The number of carbonyl (C=O) groups is 2. The molecule has 0 unspecified atom stereocenters. The fraction of sp³-hybridized carbons (Fsp3) is 0.0476. The van der Waals surface area contributed by atoms with Crippen LogP contribution in [0.15, 0.2) is 72.8 Å². The van der Waals surface area contributed by atoms with E-state index in [4.69, 9.17) is 0 Å². The molecule has 5 nitrogen and oxygen atoms in total. The van der Waals surface area contributed by atoms with Crippen LogP contribution in [0.3, 0.4) is 0 Å². The highest BCUT2D eigenvalue weighted by molar-refractivity contribution is 6.10. The molecule has 3 aromatic rings. The lowest BCUT2D eigenvalue weighted by molar-refractivity contribution is -0.114. The molecule has 3 rings (SSSR count). The number of carbonyl (C=O) groups excluding carboxylic acids is 2. The predicted molar refractivity (Wildman–Crippen MR) is 104 cm³/mol. The smallest absolute Gasteiger partial charge is 0.257 e. The Kier molecular flexibility index (Phi) is 5.96. The summed E-state index contributed by atoms with van der Waals surface area (Å²) in [4.78, 5) is 24.7. The molecule has 0 aliphatic carbocycles. The van der Waals surface area contributed by atoms with E-state index in [0.717, 1.165) is 18.2 Å². The minimum Gasteiger partial charge on any atom is -0.374 e. The monoisotopic (exact) mass is 381 g/mol. The summed E-state index contributed by atoms with van der Waals surface area (Å²) in [6.07, 6.45) is 0. The lowest BCUT2D eigenvalue weighted by atomic mass is 10.1. The maximum atomic E-state index is 13.6. The van der Waals surface area contributed by atoms with Crippen LogP contribution in [0.2, 0.25) is 0 Å². The molecule has 2 amide bonds. The van der Waals surface area contributed by atoms with Gasteiger partial charge in [0.15, 0.2) is 0 Å². The van der Waals surface area contributed by atoms with Gasteiger partial charge in [-0.25, -0.2) is 8.78 Å². The molecule has 0 heterocycles. The van der Waals surface area contributed by atoms with Gasteiger partial charge in [-0.3, -0.25) is 9.59 Å². The lowest BCUT2D eigenvalue weighted by Crippen LogP contribution is -2.24. The van der Waals surface area contributed by atoms with Crippen LogP contribution >= 0.6 is 0 Å². The molecular weight excluding hydrogens is 364 g/mol. The van der Waals surface area contributed by atoms with Crippen molar-refractivity contribution in [3.05, 3.63) is 90.0 Å². The summed E-state index contributed by atoms with van der Waals surface area (Å²) in [6, 6.07) is 18.3. The van der Waals surface area contributed by atoms with Crippen molar-refractivity contribution in [2.24, 2.45) is 0 Å². The Bertz CT molecular complexity index is 994. The third-order valence-corrected chi connectivity index (χ3v) is 3.85. The highest BCUT2D eigenvalue weighted by atomic mass is 19.1. The van der Waals surface area contributed by atoms with Crippen LogP contribution in [0.25, 0.3) is 0 Å². The highest BCUT2D eigenvalue weighted by Gasteiger charge is 2.14. The molecule has 0 bridgehead atoms. The number of halogens is 2. The molecule has 0 radical (unpaired) electrons. The number of rotatable bonds is 6. The summed E-state index contributed by atoms with van der Waals surface area (Å²) in [7, 11) is 0. The summed E-state index contributed by atoms with van der Waals surface area (Å²) < 4.78 is 26.8. The Labute approximate surface area is 160 Å². The zero-order valence-corrected chi connectivity index (χ0v) is 14.7. The van der Waals surface area contributed by atoms with Crippen molar-refractivity contribution < 1.29 is 18.4 Å². The molecule has 0 aromatic heterocycles. The van der Waals surface area contributed by atoms with Crippen LogP contribution in [-0.2, 0) is 4.79 Å². The van der Waals surface area contributed by atoms with Crippen molar-refractivity contribution >= 4 is 28.9 Å². The van der Waals surface area contributed by atoms with Gasteiger partial charge in [0.1, 0.15) is 11.6 Å². The number of hydrogen-bond donors (Lipinski definition) is 3. The van der Waals surface area contributed by atoms with E-state index in [1.807, 2.05) is 6.07 Å². The first-order valence-corrected chi connectivity index (χ1v) is 8.47. The largest absolute Gasteiger partial charge is 0.374 e. The standard InChI is InChI=1S/C21H17F2N3O2/c22-14-10-11-17(23)19(12-14)24-13-20(27)26-18-9-5-4-8-16(18)21(28)25-15-6-2-1-3-7-15/h1-12,24H,13H2,(H,25,28)(H,26,27).